The fourth-order valence-corrected chi connectivity index (χ4v) is 3.64. The molecular weight excluding hydrogens is 232 g/mol. The molecule has 0 saturated heterocycles. The van der Waals surface area contributed by atoms with Crippen molar-refractivity contribution in [1.29, 1.82) is 0 Å². The van der Waals surface area contributed by atoms with Gasteiger partial charge in [0.25, 0.3) is 5.91 Å². The zero-order valence-electron chi connectivity index (χ0n) is 10.6. The first kappa shape index (κ1) is 12.4. The second-order valence-electron chi connectivity index (χ2n) is 4.43. The van der Waals surface area contributed by atoms with Gasteiger partial charge in [0.2, 0.25) is 0 Å². The number of anilines is 1. The number of nitrogen functional groups attached to an aromatic ring is 1. The van der Waals surface area contributed by atoms with Crippen molar-refractivity contribution in [1.82, 2.24) is 4.90 Å². The number of thiophene rings is 1. The summed E-state index contributed by atoms with van der Waals surface area (Å²) < 4.78 is 0. The van der Waals surface area contributed by atoms with Gasteiger partial charge < -0.3 is 10.6 Å². The molecule has 2 N–H and O–H groups in total. The highest BCUT2D eigenvalue weighted by atomic mass is 32.1. The van der Waals surface area contributed by atoms with E-state index in [2.05, 4.69) is 0 Å². The van der Waals surface area contributed by atoms with Crippen molar-refractivity contribution in [2.24, 2.45) is 0 Å². The van der Waals surface area contributed by atoms with Crippen LogP contribution in [0.15, 0.2) is 0 Å². The second kappa shape index (κ2) is 5.08. The Morgan fingerprint density at radius 2 is 1.94 bits per heavy atom. The van der Waals surface area contributed by atoms with Crippen LogP contribution in [0.25, 0.3) is 0 Å². The third-order valence-corrected chi connectivity index (χ3v) is 4.58. The summed E-state index contributed by atoms with van der Waals surface area (Å²) in [5, 5.41) is 0.716. The van der Waals surface area contributed by atoms with Gasteiger partial charge in [0, 0.05) is 18.0 Å². The van der Waals surface area contributed by atoms with Crippen molar-refractivity contribution in [3.05, 3.63) is 16.0 Å². The minimum atomic E-state index is 0.117. The minimum absolute atomic E-state index is 0.117. The van der Waals surface area contributed by atoms with Gasteiger partial charge in [-0.25, -0.2) is 0 Å². The summed E-state index contributed by atoms with van der Waals surface area (Å²) >= 11 is 1.61. The Bertz CT molecular complexity index is 421. The van der Waals surface area contributed by atoms with Crippen LogP contribution in [-0.2, 0) is 12.8 Å². The summed E-state index contributed by atoms with van der Waals surface area (Å²) in [6.07, 6.45) is 4.52. The van der Waals surface area contributed by atoms with Crippen LogP contribution in [0.1, 0.15) is 47.5 Å². The summed E-state index contributed by atoms with van der Waals surface area (Å²) in [4.78, 5) is 15.6. The molecule has 0 radical (unpaired) electrons. The molecule has 1 aliphatic rings. The first-order valence-electron chi connectivity index (χ1n) is 6.38. The van der Waals surface area contributed by atoms with Gasteiger partial charge in [-0.1, -0.05) is 0 Å². The smallest absolute Gasteiger partial charge is 0.257 e. The first-order chi connectivity index (χ1) is 8.19. The van der Waals surface area contributed by atoms with E-state index in [1.807, 2.05) is 18.7 Å². The van der Waals surface area contributed by atoms with Crippen molar-refractivity contribution in [2.75, 3.05) is 18.8 Å². The number of fused-ring (bicyclic) bond motifs is 1. The predicted octanol–water partition coefficient (Wildman–Crippen LogP) is 2.69. The second-order valence-corrected chi connectivity index (χ2v) is 5.56. The van der Waals surface area contributed by atoms with Crippen LogP contribution in [0.2, 0.25) is 0 Å². The summed E-state index contributed by atoms with van der Waals surface area (Å²) in [5.74, 6) is 0.117. The molecule has 0 aromatic carbocycles. The average Bonchev–Trinajstić information content (AvgIpc) is 2.66. The molecule has 3 nitrogen and oxygen atoms in total. The molecule has 2 rings (SSSR count). The van der Waals surface area contributed by atoms with Gasteiger partial charge in [0.15, 0.2) is 0 Å². The molecule has 94 valence electrons. The molecule has 1 aliphatic carbocycles. The Morgan fingerprint density at radius 1 is 1.29 bits per heavy atom. The molecule has 0 aliphatic heterocycles. The number of nitrogens with two attached hydrogens (primary N) is 1. The highest BCUT2D eigenvalue weighted by Gasteiger charge is 2.26. The third kappa shape index (κ3) is 2.18. The van der Waals surface area contributed by atoms with Gasteiger partial charge in [0.1, 0.15) is 0 Å². The lowest BCUT2D eigenvalue weighted by Gasteiger charge is -2.20. The number of rotatable bonds is 3. The van der Waals surface area contributed by atoms with E-state index >= 15 is 0 Å². The van der Waals surface area contributed by atoms with Crippen LogP contribution in [0.3, 0.4) is 0 Å². The van der Waals surface area contributed by atoms with Gasteiger partial charge in [-0.2, -0.15) is 0 Å². The maximum absolute atomic E-state index is 12.4. The molecule has 0 unspecified atom stereocenters. The topological polar surface area (TPSA) is 46.3 Å². The largest absolute Gasteiger partial charge is 0.390 e. The van der Waals surface area contributed by atoms with E-state index in [9.17, 15) is 4.79 Å². The lowest BCUT2D eigenvalue weighted by molar-refractivity contribution is 0.0773. The molecular formula is C13H20N2OS. The number of nitrogens with zero attached hydrogens (tertiary/aromatic N) is 1. The summed E-state index contributed by atoms with van der Waals surface area (Å²) in [6, 6.07) is 0. The molecule has 0 fully saturated rings. The van der Waals surface area contributed by atoms with E-state index in [-0.39, 0.29) is 5.91 Å². The Hall–Kier alpha value is -1.03. The number of aryl methyl sites for hydroxylation is 1. The highest BCUT2D eigenvalue weighted by molar-refractivity contribution is 7.16. The maximum atomic E-state index is 12.4. The van der Waals surface area contributed by atoms with Gasteiger partial charge in [-0.05, 0) is 45.1 Å². The van der Waals surface area contributed by atoms with Crippen molar-refractivity contribution in [3.63, 3.8) is 0 Å². The van der Waals surface area contributed by atoms with E-state index in [1.165, 1.54) is 23.3 Å². The molecule has 1 aromatic heterocycles. The van der Waals surface area contributed by atoms with Crippen LogP contribution in [-0.4, -0.2) is 23.9 Å². The molecule has 4 heteroatoms. The molecule has 1 amide bonds. The summed E-state index contributed by atoms with van der Waals surface area (Å²) in [7, 11) is 0. The van der Waals surface area contributed by atoms with E-state index < -0.39 is 0 Å². The van der Waals surface area contributed by atoms with Crippen LogP contribution >= 0.6 is 11.3 Å². The molecule has 0 atom stereocenters. The molecule has 17 heavy (non-hydrogen) atoms. The fourth-order valence-electron chi connectivity index (χ4n) is 2.49. The summed E-state index contributed by atoms with van der Waals surface area (Å²) in [6.45, 7) is 5.52. The third-order valence-electron chi connectivity index (χ3n) is 3.46. The SMILES string of the molecule is CCN(CC)C(=O)c1c(N)sc2c1CCCC2. The van der Waals surface area contributed by atoms with Crippen molar-refractivity contribution < 1.29 is 4.79 Å². The molecule has 0 bridgehead atoms. The van der Waals surface area contributed by atoms with Crippen LogP contribution in [0.5, 0.6) is 0 Å². The first-order valence-corrected chi connectivity index (χ1v) is 7.19. The molecule has 1 heterocycles. The fraction of sp³-hybridized carbons (Fsp3) is 0.615. The van der Waals surface area contributed by atoms with Gasteiger partial charge in [-0.15, -0.1) is 11.3 Å². The number of carbonyl (C=O) groups excluding carboxylic acids is 1. The average molecular weight is 252 g/mol. The van der Waals surface area contributed by atoms with Crippen LogP contribution in [0, 0.1) is 0 Å². The minimum Gasteiger partial charge on any atom is -0.390 e. The van der Waals surface area contributed by atoms with E-state index in [1.54, 1.807) is 11.3 Å². The Balaban J connectivity index is 2.37. The van der Waals surface area contributed by atoms with Gasteiger partial charge in [-0.3, -0.25) is 4.79 Å². The zero-order chi connectivity index (χ0) is 12.4. The quantitative estimate of drug-likeness (QED) is 0.899. The van der Waals surface area contributed by atoms with Crippen molar-refractivity contribution in [2.45, 2.75) is 39.5 Å². The number of hydrogen-bond acceptors (Lipinski definition) is 3. The molecule has 1 aromatic rings. The monoisotopic (exact) mass is 252 g/mol. The van der Waals surface area contributed by atoms with Crippen molar-refractivity contribution in [3.8, 4) is 0 Å². The van der Waals surface area contributed by atoms with E-state index in [4.69, 9.17) is 5.73 Å². The van der Waals surface area contributed by atoms with Gasteiger partial charge >= 0.3 is 0 Å². The zero-order valence-corrected chi connectivity index (χ0v) is 11.4. The number of carbonyl (C=O) groups is 1. The predicted molar refractivity (Wildman–Crippen MR) is 72.6 cm³/mol. The Kier molecular flexibility index (Phi) is 3.72. The maximum Gasteiger partial charge on any atom is 0.257 e. The molecule has 0 spiro atoms. The standard InChI is InChI=1S/C13H20N2OS/c1-3-15(4-2)13(16)11-9-7-5-6-8-10(9)17-12(11)14/h3-8,14H2,1-2H3. The molecule has 0 saturated carbocycles. The lowest BCUT2D eigenvalue weighted by Crippen LogP contribution is -2.31. The Labute approximate surface area is 107 Å². The number of hydrogen-bond donors (Lipinski definition) is 1. The van der Waals surface area contributed by atoms with Crippen LogP contribution < -0.4 is 5.73 Å². The van der Waals surface area contributed by atoms with Crippen LogP contribution in [0.4, 0.5) is 5.00 Å². The van der Waals surface area contributed by atoms with Gasteiger partial charge in [0.05, 0.1) is 10.6 Å². The number of amides is 1. The summed E-state index contributed by atoms with van der Waals surface area (Å²) in [5.41, 5.74) is 8.07. The Morgan fingerprint density at radius 3 is 2.59 bits per heavy atom. The van der Waals surface area contributed by atoms with E-state index in [0.717, 1.165) is 31.5 Å². The highest BCUT2D eigenvalue weighted by Crippen LogP contribution is 2.36. The normalized spacial score (nSPS) is 14.5. The van der Waals surface area contributed by atoms with Crippen molar-refractivity contribution >= 4 is 22.2 Å². The lowest BCUT2D eigenvalue weighted by atomic mass is 9.95. The van der Waals surface area contributed by atoms with E-state index in [0.29, 0.717) is 5.00 Å².